The van der Waals surface area contributed by atoms with Crippen molar-refractivity contribution in [2.45, 2.75) is 25.8 Å². The Kier molecular flexibility index (Phi) is 3.27. The van der Waals surface area contributed by atoms with Gasteiger partial charge in [-0.05, 0) is 24.5 Å². The first-order chi connectivity index (χ1) is 9.12. The quantitative estimate of drug-likeness (QED) is 0.842. The SMILES string of the molecule is CCCS(=O)(=O)N1CCN2c3ccccc3CC2C1. The van der Waals surface area contributed by atoms with E-state index < -0.39 is 10.0 Å². The monoisotopic (exact) mass is 280 g/mol. The maximum absolute atomic E-state index is 12.2. The topological polar surface area (TPSA) is 40.6 Å². The van der Waals surface area contributed by atoms with E-state index in [0.29, 0.717) is 25.6 Å². The predicted octanol–water partition coefficient (Wildman–Crippen LogP) is 1.47. The van der Waals surface area contributed by atoms with E-state index in [1.54, 1.807) is 4.31 Å². The lowest BCUT2D eigenvalue weighted by atomic mass is 10.1. The second kappa shape index (κ2) is 4.80. The second-order valence-electron chi connectivity index (χ2n) is 5.35. The zero-order valence-electron chi connectivity index (χ0n) is 11.2. The Hall–Kier alpha value is -1.07. The molecule has 0 N–H and O–H groups in total. The van der Waals surface area contributed by atoms with Crippen molar-refractivity contribution in [2.75, 3.05) is 30.3 Å². The number of anilines is 1. The number of fused-ring (bicyclic) bond motifs is 3. The van der Waals surface area contributed by atoms with Gasteiger partial charge in [0.05, 0.1) is 5.75 Å². The number of sulfonamides is 1. The van der Waals surface area contributed by atoms with E-state index in [-0.39, 0.29) is 5.75 Å². The van der Waals surface area contributed by atoms with Gasteiger partial charge in [-0.15, -0.1) is 0 Å². The molecule has 1 atom stereocenters. The van der Waals surface area contributed by atoms with Crippen molar-refractivity contribution in [2.24, 2.45) is 0 Å². The van der Waals surface area contributed by atoms with Crippen molar-refractivity contribution >= 4 is 15.7 Å². The molecule has 2 aliphatic rings. The maximum Gasteiger partial charge on any atom is 0.214 e. The van der Waals surface area contributed by atoms with Crippen LogP contribution in [0.4, 0.5) is 5.69 Å². The van der Waals surface area contributed by atoms with Crippen molar-refractivity contribution in [3.63, 3.8) is 0 Å². The summed E-state index contributed by atoms with van der Waals surface area (Å²) < 4.78 is 26.0. The van der Waals surface area contributed by atoms with Gasteiger partial charge in [0.15, 0.2) is 0 Å². The second-order valence-corrected chi connectivity index (χ2v) is 7.44. The molecule has 0 bridgehead atoms. The van der Waals surface area contributed by atoms with Crippen LogP contribution in [0, 0.1) is 0 Å². The van der Waals surface area contributed by atoms with Crippen molar-refractivity contribution in [3.05, 3.63) is 29.8 Å². The molecule has 1 unspecified atom stereocenters. The maximum atomic E-state index is 12.2. The Labute approximate surface area is 115 Å². The summed E-state index contributed by atoms with van der Waals surface area (Å²) in [7, 11) is -3.05. The summed E-state index contributed by atoms with van der Waals surface area (Å²) >= 11 is 0. The lowest BCUT2D eigenvalue weighted by Crippen LogP contribution is -2.53. The minimum absolute atomic E-state index is 0.271. The average Bonchev–Trinajstić information content (AvgIpc) is 2.76. The zero-order chi connectivity index (χ0) is 13.5. The van der Waals surface area contributed by atoms with Crippen LogP contribution >= 0.6 is 0 Å². The molecule has 1 aromatic rings. The van der Waals surface area contributed by atoms with Crippen LogP contribution in [-0.4, -0.2) is 44.2 Å². The Morgan fingerprint density at radius 1 is 1.26 bits per heavy atom. The summed E-state index contributed by atoms with van der Waals surface area (Å²) in [4.78, 5) is 2.37. The average molecular weight is 280 g/mol. The van der Waals surface area contributed by atoms with E-state index >= 15 is 0 Å². The van der Waals surface area contributed by atoms with Crippen LogP contribution < -0.4 is 4.90 Å². The number of benzene rings is 1. The summed E-state index contributed by atoms with van der Waals surface area (Å²) in [5, 5.41) is 0. The fourth-order valence-electron chi connectivity index (χ4n) is 3.18. The summed E-state index contributed by atoms with van der Waals surface area (Å²) in [6.45, 7) is 3.98. The Morgan fingerprint density at radius 2 is 2.05 bits per heavy atom. The summed E-state index contributed by atoms with van der Waals surface area (Å²) in [6, 6.07) is 8.73. The van der Waals surface area contributed by atoms with E-state index in [2.05, 4.69) is 29.2 Å². The van der Waals surface area contributed by atoms with Crippen LogP contribution in [0.1, 0.15) is 18.9 Å². The molecule has 1 aromatic carbocycles. The first-order valence-corrected chi connectivity index (χ1v) is 8.55. The molecule has 2 aliphatic heterocycles. The van der Waals surface area contributed by atoms with Gasteiger partial charge in [0, 0.05) is 31.4 Å². The fraction of sp³-hybridized carbons (Fsp3) is 0.571. The highest BCUT2D eigenvalue weighted by molar-refractivity contribution is 7.89. The van der Waals surface area contributed by atoms with Gasteiger partial charge < -0.3 is 4.90 Å². The van der Waals surface area contributed by atoms with Crippen LogP contribution in [0.3, 0.4) is 0 Å². The first-order valence-electron chi connectivity index (χ1n) is 6.94. The van der Waals surface area contributed by atoms with Crippen LogP contribution in [-0.2, 0) is 16.4 Å². The van der Waals surface area contributed by atoms with E-state index in [0.717, 1.165) is 13.0 Å². The first kappa shape index (κ1) is 12.9. The molecular formula is C14H20N2O2S. The highest BCUT2D eigenvalue weighted by Gasteiger charge is 2.37. The van der Waals surface area contributed by atoms with E-state index in [1.165, 1.54) is 11.3 Å². The lowest BCUT2D eigenvalue weighted by molar-refractivity contribution is 0.339. The van der Waals surface area contributed by atoms with Crippen LogP contribution in [0.5, 0.6) is 0 Å². The largest absolute Gasteiger partial charge is 0.365 e. The summed E-state index contributed by atoms with van der Waals surface area (Å²) in [5.41, 5.74) is 2.64. The van der Waals surface area contributed by atoms with Gasteiger partial charge in [-0.25, -0.2) is 8.42 Å². The number of hydrogen-bond donors (Lipinski definition) is 0. The highest BCUT2D eigenvalue weighted by atomic mass is 32.2. The molecule has 2 heterocycles. The van der Waals surface area contributed by atoms with Gasteiger partial charge in [0.2, 0.25) is 10.0 Å². The molecule has 0 aliphatic carbocycles. The number of nitrogens with zero attached hydrogens (tertiary/aromatic N) is 2. The van der Waals surface area contributed by atoms with Crippen LogP contribution in [0.15, 0.2) is 24.3 Å². The number of piperazine rings is 1. The normalized spacial score (nSPS) is 23.2. The third kappa shape index (κ3) is 2.25. The zero-order valence-corrected chi connectivity index (χ0v) is 12.1. The molecule has 0 amide bonds. The van der Waals surface area contributed by atoms with Gasteiger partial charge in [-0.1, -0.05) is 25.1 Å². The number of rotatable bonds is 3. The van der Waals surface area contributed by atoms with Crippen molar-refractivity contribution in [3.8, 4) is 0 Å². The molecule has 4 nitrogen and oxygen atoms in total. The van der Waals surface area contributed by atoms with Crippen LogP contribution in [0.2, 0.25) is 0 Å². The van der Waals surface area contributed by atoms with Crippen molar-refractivity contribution in [1.82, 2.24) is 4.31 Å². The molecule has 0 spiro atoms. The van der Waals surface area contributed by atoms with Gasteiger partial charge in [0.1, 0.15) is 0 Å². The summed E-state index contributed by atoms with van der Waals surface area (Å²) in [6.07, 6.45) is 1.65. The van der Waals surface area contributed by atoms with E-state index in [4.69, 9.17) is 0 Å². The molecule has 0 aromatic heterocycles. The molecular weight excluding hydrogens is 260 g/mol. The Bertz CT molecular complexity index is 571. The molecule has 5 heteroatoms. The van der Waals surface area contributed by atoms with E-state index in [1.807, 2.05) is 6.92 Å². The van der Waals surface area contributed by atoms with Gasteiger partial charge >= 0.3 is 0 Å². The fourth-order valence-corrected chi connectivity index (χ4v) is 4.71. The van der Waals surface area contributed by atoms with Crippen molar-refractivity contribution < 1.29 is 8.42 Å². The minimum atomic E-state index is -3.05. The minimum Gasteiger partial charge on any atom is -0.365 e. The smallest absolute Gasteiger partial charge is 0.214 e. The third-order valence-corrected chi connectivity index (χ3v) is 6.10. The van der Waals surface area contributed by atoms with Gasteiger partial charge in [0.25, 0.3) is 0 Å². The van der Waals surface area contributed by atoms with Gasteiger partial charge in [-0.2, -0.15) is 4.31 Å². The third-order valence-electron chi connectivity index (χ3n) is 4.06. The highest BCUT2D eigenvalue weighted by Crippen LogP contribution is 2.34. The molecule has 3 rings (SSSR count). The molecule has 0 saturated carbocycles. The molecule has 1 fully saturated rings. The molecule has 19 heavy (non-hydrogen) atoms. The standard InChI is InChI=1S/C14H20N2O2S/c1-2-9-19(17,18)15-7-8-16-13(11-15)10-12-5-3-4-6-14(12)16/h3-6,13H,2,7-11H2,1H3. The predicted molar refractivity (Wildman–Crippen MR) is 76.9 cm³/mol. The summed E-state index contributed by atoms with van der Waals surface area (Å²) in [5.74, 6) is 0.271. The molecule has 1 saturated heterocycles. The lowest BCUT2D eigenvalue weighted by Gasteiger charge is -2.38. The van der Waals surface area contributed by atoms with Crippen molar-refractivity contribution in [1.29, 1.82) is 0 Å². The molecule has 0 radical (unpaired) electrons. The Balaban J connectivity index is 1.78. The molecule has 104 valence electrons. The van der Waals surface area contributed by atoms with E-state index in [9.17, 15) is 8.42 Å². The number of para-hydroxylation sites is 1. The Morgan fingerprint density at radius 3 is 2.84 bits per heavy atom. The van der Waals surface area contributed by atoms with Gasteiger partial charge in [-0.3, -0.25) is 0 Å². The number of hydrogen-bond acceptors (Lipinski definition) is 3. The van der Waals surface area contributed by atoms with Crippen LogP contribution in [0.25, 0.3) is 0 Å².